The van der Waals surface area contributed by atoms with Gasteiger partial charge in [-0.05, 0) is 32.0 Å². The van der Waals surface area contributed by atoms with Crippen LogP contribution in [0.1, 0.15) is 23.0 Å². The molecule has 0 bridgehead atoms. The number of ether oxygens (including phenoxy) is 1. The molecule has 0 aliphatic carbocycles. The molecule has 0 N–H and O–H groups in total. The predicted molar refractivity (Wildman–Crippen MR) is 82.4 cm³/mol. The Hall–Kier alpha value is -2.76. The zero-order valence-corrected chi connectivity index (χ0v) is 12.7. The van der Waals surface area contributed by atoms with Gasteiger partial charge < -0.3 is 4.74 Å². The fraction of sp³-hybridized carbons (Fsp3) is 0.250. The fourth-order valence-electron chi connectivity index (χ4n) is 2.48. The van der Waals surface area contributed by atoms with Gasteiger partial charge in [-0.15, -0.1) is 0 Å². The predicted octanol–water partition coefficient (Wildman–Crippen LogP) is 2.52. The van der Waals surface area contributed by atoms with E-state index in [0.717, 1.165) is 16.6 Å². The van der Waals surface area contributed by atoms with E-state index in [1.165, 1.54) is 0 Å². The molecule has 0 amide bonds. The van der Waals surface area contributed by atoms with Crippen molar-refractivity contribution in [3.8, 4) is 11.3 Å². The van der Waals surface area contributed by atoms with Crippen molar-refractivity contribution in [2.24, 2.45) is 7.05 Å². The van der Waals surface area contributed by atoms with E-state index < -0.39 is 0 Å². The van der Waals surface area contributed by atoms with E-state index >= 15 is 0 Å². The van der Waals surface area contributed by atoms with Crippen LogP contribution in [0.3, 0.4) is 0 Å². The first-order chi connectivity index (χ1) is 10.6. The van der Waals surface area contributed by atoms with Gasteiger partial charge in [-0.3, -0.25) is 9.67 Å². The van der Waals surface area contributed by atoms with Gasteiger partial charge in [0.2, 0.25) is 0 Å². The van der Waals surface area contributed by atoms with Gasteiger partial charge in [0, 0.05) is 25.0 Å². The maximum Gasteiger partial charge on any atom is 0.339 e. The Morgan fingerprint density at radius 1 is 1.41 bits per heavy atom. The number of carbonyl (C=O) groups is 1. The molecule has 0 atom stereocenters. The first kappa shape index (κ1) is 14.2. The largest absolute Gasteiger partial charge is 0.462 e. The zero-order valence-electron chi connectivity index (χ0n) is 12.7. The summed E-state index contributed by atoms with van der Waals surface area (Å²) in [7, 11) is 1.81. The van der Waals surface area contributed by atoms with Crippen molar-refractivity contribution < 1.29 is 9.53 Å². The molecule has 0 radical (unpaired) electrons. The molecule has 112 valence electrons. The normalized spacial score (nSPS) is 10.9. The highest BCUT2D eigenvalue weighted by Crippen LogP contribution is 2.26. The van der Waals surface area contributed by atoms with Gasteiger partial charge in [0.25, 0.3) is 0 Å². The van der Waals surface area contributed by atoms with Crippen LogP contribution in [0.25, 0.3) is 22.3 Å². The number of aryl methyl sites for hydroxylation is 2. The van der Waals surface area contributed by atoms with E-state index in [0.29, 0.717) is 23.5 Å². The maximum atomic E-state index is 12.3. The summed E-state index contributed by atoms with van der Waals surface area (Å²) in [6.07, 6.45) is 3.41. The summed E-state index contributed by atoms with van der Waals surface area (Å²) in [6, 6.07) is 5.48. The molecule has 0 saturated carbocycles. The van der Waals surface area contributed by atoms with Crippen molar-refractivity contribution in [1.29, 1.82) is 0 Å². The number of pyridine rings is 2. The third-order valence-corrected chi connectivity index (χ3v) is 3.42. The smallest absolute Gasteiger partial charge is 0.339 e. The number of rotatable bonds is 3. The minimum Gasteiger partial charge on any atom is -0.462 e. The molecule has 0 spiro atoms. The molecule has 3 rings (SSSR count). The number of hydrogen-bond donors (Lipinski definition) is 0. The molecule has 0 aromatic carbocycles. The first-order valence-electron chi connectivity index (χ1n) is 7.03. The van der Waals surface area contributed by atoms with E-state index in [1.807, 2.05) is 26.1 Å². The molecule has 0 unspecified atom stereocenters. The third kappa shape index (κ3) is 2.32. The van der Waals surface area contributed by atoms with Gasteiger partial charge in [-0.2, -0.15) is 5.10 Å². The third-order valence-electron chi connectivity index (χ3n) is 3.42. The van der Waals surface area contributed by atoms with Crippen LogP contribution in [0.15, 0.2) is 30.6 Å². The second-order valence-electron chi connectivity index (χ2n) is 4.92. The molecule has 0 fully saturated rings. The lowest BCUT2D eigenvalue weighted by molar-refractivity contribution is 0.0528. The molecule has 3 heterocycles. The summed E-state index contributed by atoms with van der Waals surface area (Å²) in [5, 5.41) is 5.09. The highest BCUT2D eigenvalue weighted by atomic mass is 16.5. The Morgan fingerprint density at radius 3 is 2.91 bits per heavy atom. The fourth-order valence-corrected chi connectivity index (χ4v) is 2.48. The average molecular weight is 296 g/mol. The van der Waals surface area contributed by atoms with Crippen molar-refractivity contribution >= 4 is 17.0 Å². The van der Waals surface area contributed by atoms with Crippen LogP contribution in [0, 0.1) is 6.92 Å². The molecule has 0 aliphatic rings. The number of nitrogens with zero attached hydrogens (tertiary/aromatic N) is 4. The van der Waals surface area contributed by atoms with Crippen LogP contribution in [0.4, 0.5) is 0 Å². The van der Waals surface area contributed by atoms with Crippen molar-refractivity contribution in [2.45, 2.75) is 13.8 Å². The van der Waals surface area contributed by atoms with Crippen LogP contribution in [0.5, 0.6) is 0 Å². The van der Waals surface area contributed by atoms with E-state index in [2.05, 4.69) is 15.1 Å². The Bertz CT molecular complexity index is 840. The zero-order chi connectivity index (χ0) is 15.7. The molecule has 3 aromatic rings. The molecule has 6 nitrogen and oxygen atoms in total. The highest BCUT2D eigenvalue weighted by Gasteiger charge is 2.19. The van der Waals surface area contributed by atoms with Gasteiger partial charge in [0.05, 0.1) is 28.9 Å². The van der Waals surface area contributed by atoms with E-state index in [-0.39, 0.29) is 5.97 Å². The maximum absolute atomic E-state index is 12.3. The Balaban J connectivity index is 2.29. The minimum atomic E-state index is -0.365. The first-order valence-corrected chi connectivity index (χ1v) is 7.03. The van der Waals surface area contributed by atoms with Crippen LogP contribution < -0.4 is 0 Å². The topological polar surface area (TPSA) is 69.9 Å². The molecule has 0 aliphatic heterocycles. The molecule has 0 saturated heterocycles. The van der Waals surface area contributed by atoms with E-state index in [1.54, 1.807) is 30.1 Å². The van der Waals surface area contributed by atoms with Crippen LogP contribution in [-0.2, 0) is 11.8 Å². The van der Waals surface area contributed by atoms with Crippen LogP contribution in [0.2, 0.25) is 0 Å². The molecule has 6 heteroatoms. The monoisotopic (exact) mass is 296 g/mol. The highest BCUT2D eigenvalue weighted by molar-refractivity contribution is 6.04. The molecular weight excluding hydrogens is 280 g/mol. The van der Waals surface area contributed by atoms with Crippen molar-refractivity contribution in [2.75, 3.05) is 6.61 Å². The quantitative estimate of drug-likeness (QED) is 0.695. The van der Waals surface area contributed by atoms with Gasteiger partial charge >= 0.3 is 5.97 Å². The van der Waals surface area contributed by atoms with Gasteiger partial charge in [0.1, 0.15) is 0 Å². The number of esters is 1. The number of hydrogen-bond acceptors (Lipinski definition) is 5. The van der Waals surface area contributed by atoms with Gasteiger partial charge in [-0.1, -0.05) is 0 Å². The number of aromatic nitrogens is 4. The summed E-state index contributed by atoms with van der Waals surface area (Å²) in [5.74, 6) is -0.365. The lowest BCUT2D eigenvalue weighted by Gasteiger charge is -2.07. The lowest BCUT2D eigenvalue weighted by atomic mass is 10.1. The Labute approximate surface area is 127 Å². The standard InChI is InChI=1S/C16H16N4O2/c1-4-22-16(21)12-8-13(11-6-5-7-17-9-11)18-15-14(12)10(2)19-20(15)3/h5-9H,4H2,1-3H3. The van der Waals surface area contributed by atoms with Crippen molar-refractivity contribution in [1.82, 2.24) is 19.7 Å². The second-order valence-corrected chi connectivity index (χ2v) is 4.92. The second kappa shape index (κ2) is 5.55. The summed E-state index contributed by atoms with van der Waals surface area (Å²) in [5.41, 5.74) is 3.41. The van der Waals surface area contributed by atoms with Gasteiger partial charge in [0.15, 0.2) is 5.65 Å². The number of fused-ring (bicyclic) bond motifs is 1. The lowest BCUT2D eigenvalue weighted by Crippen LogP contribution is -2.07. The summed E-state index contributed by atoms with van der Waals surface area (Å²) in [6.45, 7) is 3.97. The van der Waals surface area contributed by atoms with Gasteiger partial charge in [-0.25, -0.2) is 9.78 Å². The summed E-state index contributed by atoms with van der Waals surface area (Å²) >= 11 is 0. The average Bonchev–Trinajstić information content (AvgIpc) is 2.82. The molecular formula is C16H16N4O2. The summed E-state index contributed by atoms with van der Waals surface area (Å²) < 4.78 is 6.85. The Kier molecular flexibility index (Phi) is 3.58. The van der Waals surface area contributed by atoms with Crippen LogP contribution >= 0.6 is 0 Å². The van der Waals surface area contributed by atoms with E-state index in [9.17, 15) is 4.79 Å². The SMILES string of the molecule is CCOC(=O)c1cc(-c2cccnc2)nc2c1c(C)nn2C. The minimum absolute atomic E-state index is 0.324. The van der Waals surface area contributed by atoms with Crippen molar-refractivity contribution in [3.63, 3.8) is 0 Å². The van der Waals surface area contributed by atoms with E-state index in [4.69, 9.17) is 4.74 Å². The Morgan fingerprint density at radius 2 is 2.23 bits per heavy atom. The summed E-state index contributed by atoms with van der Waals surface area (Å²) in [4.78, 5) is 21.0. The molecule has 3 aromatic heterocycles. The molecule has 22 heavy (non-hydrogen) atoms. The van der Waals surface area contributed by atoms with Crippen molar-refractivity contribution in [3.05, 3.63) is 41.9 Å². The van der Waals surface area contributed by atoms with Crippen LogP contribution in [-0.4, -0.2) is 32.3 Å². The number of carbonyl (C=O) groups excluding carboxylic acids is 1.